The second-order valence-corrected chi connectivity index (χ2v) is 7.47. The van der Waals surface area contributed by atoms with Gasteiger partial charge in [0.15, 0.2) is 6.61 Å². The Balaban J connectivity index is 1.77. The number of hydrogen-bond donors (Lipinski definition) is 0. The molecule has 0 amide bonds. The molecule has 30 heavy (non-hydrogen) atoms. The van der Waals surface area contributed by atoms with Crippen molar-refractivity contribution in [3.8, 4) is 5.69 Å². The Morgan fingerprint density at radius 1 is 1.00 bits per heavy atom. The van der Waals surface area contributed by atoms with E-state index in [1.165, 1.54) is 13.3 Å². The van der Waals surface area contributed by atoms with E-state index in [0.717, 1.165) is 11.4 Å². The molecule has 154 valence electrons. The first-order valence-electron chi connectivity index (χ1n) is 9.00. The highest BCUT2D eigenvalue weighted by Gasteiger charge is 2.19. The van der Waals surface area contributed by atoms with Gasteiger partial charge in [0.2, 0.25) is 5.78 Å². The molecule has 3 aromatic rings. The molecule has 0 unspecified atom stereocenters. The standard InChI is InChI=1S/C22H19BrN2O5/c1-13-8-19(20(26)12-30-22(28)16-9-17(23)11-24-10-16)14(2)25(13)18-6-4-15(5-7-18)21(27)29-3/h4-11H,12H2,1-3H3. The molecule has 0 N–H and O–H groups in total. The van der Waals surface area contributed by atoms with Crippen LogP contribution in [-0.4, -0.2) is 41.0 Å². The molecule has 0 saturated heterocycles. The van der Waals surface area contributed by atoms with Gasteiger partial charge in [0.05, 0.1) is 18.2 Å². The van der Waals surface area contributed by atoms with Crippen molar-refractivity contribution < 1.29 is 23.9 Å². The number of hydrogen-bond acceptors (Lipinski definition) is 6. The molecule has 0 atom stereocenters. The topological polar surface area (TPSA) is 87.5 Å². The number of benzene rings is 1. The summed E-state index contributed by atoms with van der Waals surface area (Å²) in [6.45, 7) is 3.31. The Morgan fingerprint density at radius 3 is 2.33 bits per heavy atom. The van der Waals surface area contributed by atoms with Crippen LogP contribution >= 0.6 is 15.9 Å². The molecule has 2 heterocycles. The van der Waals surface area contributed by atoms with E-state index in [0.29, 0.717) is 21.3 Å². The smallest absolute Gasteiger partial charge is 0.340 e. The van der Waals surface area contributed by atoms with Crippen LogP contribution in [0.25, 0.3) is 5.69 Å². The quantitative estimate of drug-likeness (QED) is 0.398. The number of halogens is 1. The fourth-order valence-electron chi connectivity index (χ4n) is 3.12. The zero-order valence-corrected chi connectivity index (χ0v) is 18.2. The molecule has 0 radical (unpaired) electrons. The van der Waals surface area contributed by atoms with Crippen LogP contribution in [0.5, 0.6) is 0 Å². The third-order valence-corrected chi connectivity index (χ3v) is 4.99. The van der Waals surface area contributed by atoms with E-state index in [2.05, 4.69) is 20.9 Å². The molecular formula is C22H19BrN2O5. The number of aryl methyl sites for hydroxylation is 1. The summed E-state index contributed by atoms with van der Waals surface area (Å²) in [6.07, 6.45) is 2.93. The number of ketones is 1. The molecule has 1 aromatic carbocycles. The van der Waals surface area contributed by atoms with E-state index in [1.807, 2.05) is 18.4 Å². The van der Waals surface area contributed by atoms with Gasteiger partial charge in [0.25, 0.3) is 0 Å². The van der Waals surface area contributed by atoms with Gasteiger partial charge < -0.3 is 14.0 Å². The Bertz CT molecular complexity index is 1120. The second-order valence-electron chi connectivity index (χ2n) is 6.55. The van der Waals surface area contributed by atoms with E-state index >= 15 is 0 Å². The van der Waals surface area contributed by atoms with Crippen LogP contribution in [0.1, 0.15) is 42.5 Å². The van der Waals surface area contributed by atoms with Gasteiger partial charge in [0.1, 0.15) is 0 Å². The number of ether oxygens (including phenoxy) is 2. The number of carbonyl (C=O) groups is 3. The zero-order chi connectivity index (χ0) is 21.8. The van der Waals surface area contributed by atoms with Crippen molar-refractivity contribution in [1.82, 2.24) is 9.55 Å². The summed E-state index contributed by atoms with van der Waals surface area (Å²) in [7, 11) is 1.33. The Kier molecular flexibility index (Phi) is 6.47. The number of methoxy groups -OCH3 is 1. The third-order valence-electron chi connectivity index (χ3n) is 4.55. The number of esters is 2. The number of aromatic nitrogens is 2. The first-order chi connectivity index (χ1) is 14.3. The third kappa shape index (κ3) is 4.49. The van der Waals surface area contributed by atoms with Gasteiger partial charge in [-0.15, -0.1) is 0 Å². The van der Waals surface area contributed by atoms with Gasteiger partial charge in [-0.25, -0.2) is 9.59 Å². The monoisotopic (exact) mass is 470 g/mol. The summed E-state index contributed by atoms with van der Waals surface area (Å²) in [6, 6.07) is 10.2. The summed E-state index contributed by atoms with van der Waals surface area (Å²) >= 11 is 3.24. The normalized spacial score (nSPS) is 10.5. The van der Waals surface area contributed by atoms with Crippen molar-refractivity contribution in [2.45, 2.75) is 13.8 Å². The zero-order valence-electron chi connectivity index (χ0n) is 16.6. The largest absolute Gasteiger partial charge is 0.465 e. The predicted octanol–water partition coefficient (Wildman–Crippen LogP) is 4.08. The number of rotatable bonds is 6. The second kappa shape index (κ2) is 9.04. The minimum atomic E-state index is -0.621. The van der Waals surface area contributed by atoms with Crippen molar-refractivity contribution >= 4 is 33.7 Å². The lowest BCUT2D eigenvalue weighted by molar-refractivity contribution is 0.0474. The van der Waals surface area contributed by atoms with Gasteiger partial charge >= 0.3 is 11.9 Å². The Morgan fingerprint density at radius 2 is 1.70 bits per heavy atom. The molecule has 0 aliphatic carbocycles. The summed E-state index contributed by atoms with van der Waals surface area (Å²) in [4.78, 5) is 40.3. The van der Waals surface area contributed by atoms with Crippen molar-refractivity contribution in [3.63, 3.8) is 0 Å². The minimum absolute atomic E-state index is 0.258. The summed E-state index contributed by atoms with van der Waals surface area (Å²) in [5.41, 5.74) is 3.51. The number of carbonyl (C=O) groups excluding carboxylic acids is 3. The highest BCUT2D eigenvalue weighted by Crippen LogP contribution is 2.22. The molecule has 3 rings (SSSR count). The Labute approximate surface area is 181 Å². The number of pyridine rings is 1. The fraction of sp³-hybridized carbons (Fsp3) is 0.182. The van der Waals surface area contributed by atoms with Crippen LogP contribution in [0, 0.1) is 13.8 Å². The first-order valence-corrected chi connectivity index (χ1v) is 9.79. The van der Waals surface area contributed by atoms with Gasteiger partial charge in [-0.1, -0.05) is 0 Å². The van der Waals surface area contributed by atoms with Crippen molar-refractivity contribution in [2.75, 3.05) is 13.7 Å². The number of nitrogens with zero attached hydrogens (tertiary/aromatic N) is 2. The molecular weight excluding hydrogens is 452 g/mol. The Hall–Kier alpha value is -3.26. The fourth-order valence-corrected chi connectivity index (χ4v) is 3.49. The van der Waals surface area contributed by atoms with E-state index < -0.39 is 11.9 Å². The SMILES string of the molecule is COC(=O)c1ccc(-n2c(C)cc(C(=O)COC(=O)c3cncc(Br)c3)c2C)cc1. The number of Topliss-reactive ketones (excluding diaryl/α,β-unsaturated/α-hetero) is 1. The van der Waals surface area contributed by atoms with E-state index in [9.17, 15) is 14.4 Å². The first kappa shape index (κ1) is 21.4. The average Bonchev–Trinajstić information content (AvgIpc) is 3.05. The lowest BCUT2D eigenvalue weighted by atomic mass is 10.1. The van der Waals surface area contributed by atoms with Crippen LogP contribution in [0.4, 0.5) is 0 Å². The predicted molar refractivity (Wildman–Crippen MR) is 113 cm³/mol. The lowest BCUT2D eigenvalue weighted by Crippen LogP contribution is -2.15. The molecule has 0 bridgehead atoms. The summed E-state index contributed by atoms with van der Waals surface area (Å²) < 4.78 is 12.4. The molecule has 7 nitrogen and oxygen atoms in total. The maximum atomic E-state index is 12.7. The molecule has 0 aliphatic heterocycles. The van der Waals surface area contributed by atoms with E-state index in [1.54, 1.807) is 42.6 Å². The van der Waals surface area contributed by atoms with Crippen LogP contribution in [0.2, 0.25) is 0 Å². The summed E-state index contributed by atoms with van der Waals surface area (Å²) in [5.74, 6) is -1.35. The van der Waals surface area contributed by atoms with Gasteiger partial charge in [-0.3, -0.25) is 9.78 Å². The maximum Gasteiger partial charge on any atom is 0.340 e. The van der Waals surface area contributed by atoms with E-state index in [4.69, 9.17) is 9.47 Å². The highest BCUT2D eigenvalue weighted by molar-refractivity contribution is 9.10. The molecule has 2 aromatic heterocycles. The van der Waals surface area contributed by atoms with Crippen molar-refractivity contribution in [2.24, 2.45) is 0 Å². The minimum Gasteiger partial charge on any atom is -0.465 e. The van der Waals surface area contributed by atoms with Crippen molar-refractivity contribution in [3.05, 3.63) is 81.3 Å². The summed E-state index contributed by atoms with van der Waals surface area (Å²) in [5, 5.41) is 0. The average molecular weight is 471 g/mol. The maximum absolute atomic E-state index is 12.7. The van der Waals surface area contributed by atoms with Gasteiger partial charge in [-0.05, 0) is 66.2 Å². The van der Waals surface area contributed by atoms with Crippen LogP contribution in [0.3, 0.4) is 0 Å². The van der Waals surface area contributed by atoms with Crippen molar-refractivity contribution in [1.29, 1.82) is 0 Å². The lowest BCUT2D eigenvalue weighted by Gasteiger charge is -2.11. The highest BCUT2D eigenvalue weighted by atomic mass is 79.9. The van der Waals surface area contributed by atoms with Gasteiger partial charge in [-0.2, -0.15) is 0 Å². The van der Waals surface area contributed by atoms with Crippen LogP contribution in [0.15, 0.2) is 53.3 Å². The molecule has 0 spiro atoms. The van der Waals surface area contributed by atoms with E-state index in [-0.39, 0.29) is 18.0 Å². The molecule has 0 aliphatic rings. The molecule has 0 saturated carbocycles. The molecule has 8 heteroatoms. The van der Waals surface area contributed by atoms with Crippen LogP contribution < -0.4 is 0 Å². The van der Waals surface area contributed by atoms with Crippen LogP contribution in [-0.2, 0) is 9.47 Å². The van der Waals surface area contributed by atoms with Gasteiger partial charge in [0, 0.05) is 39.5 Å². The molecule has 0 fully saturated rings.